The van der Waals surface area contributed by atoms with Gasteiger partial charge in [0.05, 0.1) is 0 Å². The predicted molar refractivity (Wildman–Crippen MR) is 71.2 cm³/mol. The molecule has 0 fully saturated rings. The molecule has 0 spiro atoms. The lowest BCUT2D eigenvalue weighted by Crippen LogP contribution is -2.05. The van der Waals surface area contributed by atoms with Gasteiger partial charge in [0.2, 0.25) is 0 Å². The molecule has 0 nitrogen and oxygen atoms in total. The molecule has 0 aliphatic heterocycles. The first-order valence-corrected chi connectivity index (χ1v) is 7.13. The average molecular weight is 212 g/mol. The van der Waals surface area contributed by atoms with E-state index >= 15 is 0 Å². The Morgan fingerprint density at radius 1 is 0.600 bits per heavy atom. The monoisotopic (exact) mass is 212 g/mol. The molecule has 0 radical (unpaired) electrons. The zero-order valence-corrected chi connectivity index (χ0v) is 11.7. The van der Waals surface area contributed by atoms with E-state index in [9.17, 15) is 0 Å². The molecule has 92 valence electrons. The van der Waals surface area contributed by atoms with Crippen LogP contribution in [0.4, 0.5) is 0 Å². The Morgan fingerprint density at radius 2 is 1.00 bits per heavy atom. The molecule has 0 saturated heterocycles. The average Bonchev–Trinajstić information content (AvgIpc) is 2.23. The second kappa shape index (κ2) is 9.24. The summed E-state index contributed by atoms with van der Waals surface area (Å²) in [5.41, 5.74) is 0. The Morgan fingerprint density at radius 3 is 1.40 bits per heavy atom. The third kappa shape index (κ3) is 7.88. The van der Waals surface area contributed by atoms with Gasteiger partial charge < -0.3 is 0 Å². The van der Waals surface area contributed by atoms with E-state index in [1.807, 2.05) is 0 Å². The smallest absolute Gasteiger partial charge is 0.0417 e. The maximum atomic E-state index is 2.36. The van der Waals surface area contributed by atoms with Crippen molar-refractivity contribution in [3.63, 3.8) is 0 Å². The van der Waals surface area contributed by atoms with Crippen molar-refractivity contribution in [1.82, 2.24) is 0 Å². The minimum absolute atomic E-state index is 0.882. The molecule has 0 rings (SSSR count). The van der Waals surface area contributed by atoms with E-state index in [1.54, 1.807) is 0 Å². The fraction of sp³-hybridized carbons (Fsp3) is 1.00. The van der Waals surface area contributed by atoms with Crippen LogP contribution in [0.3, 0.4) is 0 Å². The number of hydrogen-bond acceptors (Lipinski definition) is 0. The Hall–Kier alpha value is 0. The van der Waals surface area contributed by atoms with Crippen molar-refractivity contribution in [2.75, 3.05) is 0 Å². The normalized spacial score (nSPS) is 13.8. The van der Waals surface area contributed by atoms with Gasteiger partial charge in [-0.2, -0.15) is 0 Å². The molecule has 0 bridgehead atoms. The Bertz CT molecular complexity index is 122. The van der Waals surface area contributed by atoms with Crippen LogP contribution in [-0.4, -0.2) is 0 Å². The van der Waals surface area contributed by atoms with Crippen molar-refractivity contribution in [1.29, 1.82) is 0 Å². The summed E-state index contributed by atoms with van der Waals surface area (Å²) in [4.78, 5) is 0. The Balaban J connectivity index is 3.68. The SMILES string of the molecule is CCC(CC)CCC(CC)CCC(C)C. The van der Waals surface area contributed by atoms with Crippen LogP contribution in [0.1, 0.15) is 79.6 Å². The summed E-state index contributed by atoms with van der Waals surface area (Å²) >= 11 is 0. The Labute approximate surface area is 97.8 Å². The van der Waals surface area contributed by atoms with Crippen molar-refractivity contribution in [2.45, 2.75) is 79.6 Å². The minimum Gasteiger partial charge on any atom is -0.0651 e. The van der Waals surface area contributed by atoms with Crippen LogP contribution < -0.4 is 0 Å². The lowest BCUT2D eigenvalue weighted by atomic mass is 9.87. The van der Waals surface area contributed by atoms with Gasteiger partial charge in [-0.05, 0) is 17.8 Å². The van der Waals surface area contributed by atoms with Crippen molar-refractivity contribution in [3.05, 3.63) is 0 Å². The molecule has 0 heterocycles. The van der Waals surface area contributed by atoms with Crippen LogP contribution in [0.2, 0.25) is 0 Å². The van der Waals surface area contributed by atoms with Gasteiger partial charge in [-0.3, -0.25) is 0 Å². The summed E-state index contributed by atoms with van der Waals surface area (Å²) in [5, 5.41) is 0. The molecule has 1 unspecified atom stereocenters. The van der Waals surface area contributed by atoms with Crippen LogP contribution in [0.15, 0.2) is 0 Å². The molecule has 0 aliphatic carbocycles. The highest BCUT2D eigenvalue weighted by Crippen LogP contribution is 2.24. The van der Waals surface area contributed by atoms with Crippen molar-refractivity contribution >= 4 is 0 Å². The van der Waals surface area contributed by atoms with Crippen LogP contribution in [0, 0.1) is 17.8 Å². The molecular weight excluding hydrogens is 180 g/mol. The van der Waals surface area contributed by atoms with Crippen molar-refractivity contribution < 1.29 is 0 Å². The minimum atomic E-state index is 0.882. The molecule has 0 amide bonds. The molecule has 0 heteroatoms. The third-order valence-corrected chi connectivity index (χ3v) is 3.87. The highest BCUT2D eigenvalue weighted by molar-refractivity contribution is 4.63. The van der Waals surface area contributed by atoms with Gasteiger partial charge in [-0.1, -0.05) is 79.6 Å². The number of hydrogen-bond donors (Lipinski definition) is 0. The van der Waals surface area contributed by atoms with Gasteiger partial charge in [0, 0.05) is 0 Å². The zero-order valence-electron chi connectivity index (χ0n) is 11.7. The third-order valence-electron chi connectivity index (χ3n) is 3.87. The standard InChI is InChI=1S/C15H32/c1-6-14(7-2)11-12-15(8-3)10-9-13(4)5/h13-15H,6-12H2,1-5H3. The first-order chi connectivity index (χ1) is 7.13. The fourth-order valence-corrected chi connectivity index (χ4v) is 2.29. The van der Waals surface area contributed by atoms with Crippen LogP contribution in [0.25, 0.3) is 0 Å². The molecule has 0 saturated carbocycles. The van der Waals surface area contributed by atoms with E-state index in [0.717, 1.165) is 17.8 Å². The molecule has 15 heavy (non-hydrogen) atoms. The molecule has 0 aliphatic rings. The largest absolute Gasteiger partial charge is 0.0651 e. The topological polar surface area (TPSA) is 0 Å². The van der Waals surface area contributed by atoms with E-state index in [1.165, 1.54) is 44.9 Å². The van der Waals surface area contributed by atoms with Crippen molar-refractivity contribution in [2.24, 2.45) is 17.8 Å². The molecule has 0 aromatic heterocycles. The quantitative estimate of drug-likeness (QED) is 0.462. The fourth-order valence-electron chi connectivity index (χ4n) is 2.29. The van der Waals surface area contributed by atoms with Gasteiger partial charge in [0.25, 0.3) is 0 Å². The van der Waals surface area contributed by atoms with E-state index in [2.05, 4.69) is 34.6 Å². The Kier molecular flexibility index (Phi) is 9.24. The van der Waals surface area contributed by atoms with E-state index in [4.69, 9.17) is 0 Å². The first kappa shape index (κ1) is 15.0. The van der Waals surface area contributed by atoms with Gasteiger partial charge in [-0.25, -0.2) is 0 Å². The lowest BCUT2D eigenvalue weighted by Gasteiger charge is -2.19. The van der Waals surface area contributed by atoms with Gasteiger partial charge in [0.15, 0.2) is 0 Å². The maximum Gasteiger partial charge on any atom is -0.0417 e. The summed E-state index contributed by atoms with van der Waals surface area (Å²) in [6, 6.07) is 0. The van der Waals surface area contributed by atoms with Crippen LogP contribution >= 0.6 is 0 Å². The molecule has 0 aromatic rings. The van der Waals surface area contributed by atoms with Gasteiger partial charge in [-0.15, -0.1) is 0 Å². The zero-order chi connectivity index (χ0) is 11.7. The van der Waals surface area contributed by atoms with E-state index in [-0.39, 0.29) is 0 Å². The summed E-state index contributed by atoms with van der Waals surface area (Å²) in [6.07, 6.45) is 9.93. The second-order valence-corrected chi connectivity index (χ2v) is 5.51. The number of rotatable bonds is 9. The highest BCUT2D eigenvalue weighted by atomic mass is 14.2. The molecule has 0 N–H and O–H groups in total. The van der Waals surface area contributed by atoms with Crippen molar-refractivity contribution in [3.8, 4) is 0 Å². The summed E-state index contributed by atoms with van der Waals surface area (Å²) in [7, 11) is 0. The van der Waals surface area contributed by atoms with Gasteiger partial charge in [0.1, 0.15) is 0 Å². The van der Waals surface area contributed by atoms with Crippen LogP contribution in [-0.2, 0) is 0 Å². The molecule has 0 aromatic carbocycles. The summed E-state index contributed by atoms with van der Waals surface area (Å²) in [6.45, 7) is 11.7. The first-order valence-electron chi connectivity index (χ1n) is 7.13. The second-order valence-electron chi connectivity index (χ2n) is 5.51. The van der Waals surface area contributed by atoms with Crippen LogP contribution in [0.5, 0.6) is 0 Å². The highest BCUT2D eigenvalue weighted by Gasteiger charge is 2.10. The van der Waals surface area contributed by atoms with E-state index in [0.29, 0.717) is 0 Å². The lowest BCUT2D eigenvalue weighted by molar-refractivity contribution is 0.337. The van der Waals surface area contributed by atoms with E-state index < -0.39 is 0 Å². The predicted octanol–water partition coefficient (Wildman–Crippen LogP) is 5.67. The summed E-state index contributed by atoms with van der Waals surface area (Å²) < 4.78 is 0. The summed E-state index contributed by atoms with van der Waals surface area (Å²) in [5.74, 6) is 2.86. The maximum absolute atomic E-state index is 2.36. The van der Waals surface area contributed by atoms with Gasteiger partial charge >= 0.3 is 0 Å². The molecular formula is C15H32. The molecule has 1 atom stereocenters.